The molecule has 2 atom stereocenters. The maximum atomic E-state index is 12.6. The zero-order valence-corrected chi connectivity index (χ0v) is 18.8. The van der Waals surface area contributed by atoms with Crippen LogP contribution in [0.15, 0.2) is 16.3 Å². The molecule has 6 nitrogen and oxygen atoms in total. The lowest BCUT2D eigenvalue weighted by molar-refractivity contribution is 0.292. The number of nitrogens with zero attached hydrogens (tertiary/aromatic N) is 3. The lowest BCUT2D eigenvalue weighted by Gasteiger charge is -2.43. The van der Waals surface area contributed by atoms with Gasteiger partial charge in [-0.25, -0.2) is 0 Å². The summed E-state index contributed by atoms with van der Waals surface area (Å²) in [6, 6.07) is 0.0304. The molecule has 3 rings (SSSR count). The van der Waals surface area contributed by atoms with Crippen molar-refractivity contribution in [3.63, 3.8) is 0 Å². The molecule has 0 amide bonds. The molecule has 0 bridgehead atoms. The van der Waals surface area contributed by atoms with Gasteiger partial charge in [-0.3, -0.25) is 4.99 Å². The SMILES string of the molecule is CCC1=N[C@@H](C(C)(C)C)C(C(C)(C)C)=C2C[C@H](NS(=O)(=O)N3CCC3)CN12. The lowest BCUT2D eigenvalue weighted by atomic mass is 9.71. The molecule has 2 fully saturated rings. The van der Waals surface area contributed by atoms with Crippen molar-refractivity contribution in [3.05, 3.63) is 11.3 Å². The third kappa shape index (κ3) is 3.96. The molecule has 0 aliphatic carbocycles. The Hall–Kier alpha value is -0.920. The van der Waals surface area contributed by atoms with E-state index >= 15 is 0 Å². The highest BCUT2D eigenvalue weighted by atomic mass is 32.2. The predicted octanol–water partition coefficient (Wildman–Crippen LogP) is 3.14. The zero-order valence-electron chi connectivity index (χ0n) is 18.0. The van der Waals surface area contributed by atoms with E-state index in [1.54, 1.807) is 0 Å². The van der Waals surface area contributed by atoms with Gasteiger partial charge in [0.25, 0.3) is 10.2 Å². The molecular formula is C20H36N4O2S. The van der Waals surface area contributed by atoms with Crippen LogP contribution in [0, 0.1) is 10.8 Å². The van der Waals surface area contributed by atoms with E-state index in [1.807, 2.05) is 0 Å². The molecule has 1 N–H and O–H groups in total. The van der Waals surface area contributed by atoms with Crippen molar-refractivity contribution in [3.8, 4) is 0 Å². The zero-order chi connectivity index (χ0) is 20.2. The van der Waals surface area contributed by atoms with E-state index in [0.717, 1.165) is 25.1 Å². The minimum Gasteiger partial charge on any atom is -0.332 e. The van der Waals surface area contributed by atoms with Crippen LogP contribution in [0.3, 0.4) is 0 Å². The van der Waals surface area contributed by atoms with E-state index < -0.39 is 10.2 Å². The van der Waals surface area contributed by atoms with Crippen molar-refractivity contribution < 1.29 is 8.42 Å². The van der Waals surface area contributed by atoms with Gasteiger partial charge in [0.15, 0.2) is 0 Å². The Kier molecular flexibility index (Phi) is 5.28. The van der Waals surface area contributed by atoms with Crippen LogP contribution in [0.2, 0.25) is 0 Å². The predicted molar refractivity (Wildman–Crippen MR) is 111 cm³/mol. The first-order valence-electron chi connectivity index (χ1n) is 10.2. The van der Waals surface area contributed by atoms with Crippen molar-refractivity contribution in [2.75, 3.05) is 19.6 Å². The first-order chi connectivity index (χ1) is 12.3. The summed E-state index contributed by atoms with van der Waals surface area (Å²) in [6.07, 6.45) is 2.56. The average Bonchev–Trinajstić information content (AvgIpc) is 2.82. The summed E-state index contributed by atoms with van der Waals surface area (Å²) in [7, 11) is -3.37. The van der Waals surface area contributed by atoms with Crippen LogP contribution in [-0.2, 0) is 10.2 Å². The second-order valence-corrected chi connectivity index (χ2v) is 11.9. The van der Waals surface area contributed by atoms with Gasteiger partial charge in [0.2, 0.25) is 0 Å². The molecule has 3 aliphatic rings. The average molecular weight is 397 g/mol. The molecule has 154 valence electrons. The van der Waals surface area contributed by atoms with E-state index in [0.29, 0.717) is 19.6 Å². The highest BCUT2D eigenvalue weighted by Gasteiger charge is 2.45. The van der Waals surface area contributed by atoms with Crippen LogP contribution in [0.5, 0.6) is 0 Å². The number of rotatable bonds is 4. The number of fused-ring (bicyclic) bond motifs is 1. The molecule has 0 aromatic heterocycles. The highest BCUT2D eigenvalue weighted by molar-refractivity contribution is 7.87. The summed E-state index contributed by atoms with van der Waals surface area (Å²) in [5, 5.41) is 0. The first-order valence-corrected chi connectivity index (χ1v) is 11.6. The van der Waals surface area contributed by atoms with Crippen molar-refractivity contribution >= 4 is 16.0 Å². The van der Waals surface area contributed by atoms with Gasteiger partial charge in [-0.05, 0) is 22.8 Å². The third-order valence-electron chi connectivity index (χ3n) is 5.76. The van der Waals surface area contributed by atoms with E-state index in [9.17, 15) is 8.42 Å². The number of nitrogens with one attached hydrogen (secondary N) is 1. The fourth-order valence-electron chi connectivity index (χ4n) is 4.34. The van der Waals surface area contributed by atoms with Crippen LogP contribution in [-0.4, -0.2) is 55.2 Å². The second-order valence-electron chi connectivity index (χ2n) is 10.2. The molecule has 7 heteroatoms. The van der Waals surface area contributed by atoms with Gasteiger partial charge >= 0.3 is 0 Å². The minimum atomic E-state index is -3.37. The Morgan fingerprint density at radius 3 is 2.22 bits per heavy atom. The van der Waals surface area contributed by atoms with Gasteiger partial charge in [-0.1, -0.05) is 48.5 Å². The number of amidine groups is 1. The Balaban J connectivity index is 1.96. The molecule has 0 aromatic carbocycles. The normalized spacial score (nSPS) is 27.5. The summed E-state index contributed by atoms with van der Waals surface area (Å²) >= 11 is 0. The third-order valence-corrected chi connectivity index (χ3v) is 7.43. The summed E-state index contributed by atoms with van der Waals surface area (Å²) in [4.78, 5) is 7.44. The summed E-state index contributed by atoms with van der Waals surface area (Å²) in [5.41, 5.74) is 2.65. The van der Waals surface area contributed by atoms with Crippen LogP contribution < -0.4 is 4.72 Å². The van der Waals surface area contributed by atoms with Crippen LogP contribution in [0.25, 0.3) is 0 Å². The first kappa shape index (κ1) is 20.8. The second kappa shape index (κ2) is 6.85. The van der Waals surface area contributed by atoms with Crippen LogP contribution >= 0.6 is 0 Å². The molecule has 3 heterocycles. The van der Waals surface area contributed by atoms with Gasteiger partial charge in [0.1, 0.15) is 5.84 Å². The summed E-state index contributed by atoms with van der Waals surface area (Å²) in [6.45, 7) is 17.6. The summed E-state index contributed by atoms with van der Waals surface area (Å²) < 4.78 is 29.6. The number of aliphatic imine (C=N–C) groups is 1. The van der Waals surface area contributed by atoms with E-state index in [4.69, 9.17) is 4.99 Å². The quantitative estimate of drug-likeness (QED) is 0.794. The smallest absolute Gasteiger partial charge is 0.279 e. The largest absolute Gasteiger partial charge is 0.332 e. The molecule has 0 radical (unpaired) electrons. The van der Waals surface area contributed by atoms with Gasteiger partial charge in [-0.2, -0.15) is 17.4 Å². The maximum Gasteiger partial charge on any atom is 0.279 e. The van der Waals surface area contributed by atoms with Crippen molar-refractivity contribution in [1.29, 1.82) is 0 Å². The van der Waals surface area contributed by atoms with Crippen molar-refractivity contribution in [2.24, 2.45) is 15.8 Å². The van der Waals surface area contributed by atoms with Gasteiger partial charge in [0, 0.05) is 44.2 Å². The molecule has 0 unspecified atom stereocenters. The van der Waals surface area contributed by atoms with E-state index in [-0.39, 0.29) is 22.9 Å². The topological polar surface area (TPSA) is 65.0 Å². The molecule has 27 heavy (non-hydrogen) atoms. The Bertz CT molecular complexity index is 752. The molecular weight excluding hydrogens is 360 g/mol. The Morgan fingerprint density at radius 1 is 1.15 bits per heavy atom. The summed E-state index contributed by atoms with van der Waals surface area (Å²) in [5.74, 6) is 1.09. The van der Waals surface area contributed by atoms with Gasteiger partial charge in [0.05, 0.1) is 6.04 Å². The maximum absolute atomic E-state index is 12.6. The molecule has 2 saturated heterocycles. The fourth-order valence-corrected chi connectivity index (χ4v) is 5.81. The highest BCUT2D eigenvalue weighted by Crippen LogP contribution is 2.46. The van der Waals surface area contributed by atoms with Crippen molar-refractivity contribution in [1.82, 2.24) is 13.9 Å². The van der Waals surface area contributed by atoms with Crippen LogP contribution in [0.1, 0.15) is 67.7 Å². The van der Waals surface area contributed by atoms with E-state index in [2.05, 4.69) is 58.1 Å². The number of hydrogen-bond donors (Lipinski definition) is 1. The molecule has 0 aromatic rings. The monoisotopic (exact) mass is 396 g/mol. The minimum absolute atomic E-state index is 0.0143. The Morgan fingerprint density at radius 2 is 1.78 bits per heavy atom. The molecule has 0 spiro atoms. The van der Waals surface area contributed by atoms with Gasteiger partial charge < -0.3 is 4.90 Å². The van der Waals surface area contributed by atoms with Gasteiger partial charge in [-0.15, -0.1) is 0 Å². The molecule has 0 saturated carbocycles. The fraction of sp³-hybridized carbons (Fsp3) is 0.850. The standard InChI is InChI=1S/C20H36N4O2S/c1-8-16-21-18(20(5,6)7)17(19(2,3)4)15-12-14(13-24(15)16)22-27(25,26)23-10-9-11-23/h14,18,22H,8-13H2,1-7H3/t14-,18+/m0/s1. The van der Waals surface area contributed by atoms with Crippen molar-refractivity contribution in [2.45, 2.75) is 79.8 Å². The number of hydrogen-bond acceptors (Lipinski definition) is 4. The van der Waals surface area contributed by atoms with E-state index in [1.165, 1.54) is 15.6 Å². The molecule has 3 aliphatic heterocycles. The Labute approximate surface area is 165 Å². The lowest BCUT2D eigenvalue weighted by Crippen LogP contribution is -2.51. The van der Waals surface area contributed by atoms with Crippen LogP contribution in [0.4, 0.5) is 0 Å².